The summed E-state index contributed by atoms with van der Waals surface area (Å²) in [5.74, 6) is -0.121. The molecule has 0 aliphatic carbocycles. The zero-order valence-electron chi connectivity index (χ0n) is 20.0. The summed E-state index contributed by atoms with van der Waals surface area (Å²) >= 11 is 0. The summed E-state index contributed by atoms with van der Waals surface area (Å²) in [5.41, 5.74) is 2.21. The second-order valence-corrected chi connectivity index (χ2v) is 14.6. The third-order valence-electron chi connectivity index (χ3n) is 6.32. The van der Waals surface area contributed by atoms with Gasteiger partial charge in [0, 0.05) is 5.92 Å². The third-order valence-corrected chi connectivity index (χ3v) is 10.8. The second kappa shape index (κ2) is 11.9. The molecule has 0 unspecified atom stereocenters. The van der Waals surface area contributed by atoms with E-state index in [0.29, 0.717) is 19.8 Å². The van der Waals surface area contributed by atoms with Crippen molar-refractivity contribution >= 4 is 8.32 Å². The van der Waals surface area contributed by atoms with Gasteiger partial charge in [0.2, 0.25) is 0 Å². The van der Waals surface area contributed by atoms with E-state index in [9.17, 15) is 5.11 Å². The van der Waals surface area contributed by atoms with E-state index < -0.39 is 14.4 Å². The van der Waals surface area contributed by atoms with Gasteiger partial charge in [0.05, 0.1) is 38.6 Å². The highest BCUT2D eigenvalue weighted by Crippen LogP contribution is 2.37. The van der Waals surface area contributed by atoms with Gasteiger partial charge < -0.3 is 19.0 Å². The fraction of sp³-hybridized carbons (Fsp3) is 0.538. The molecule has 0 heterocycles. The highest BCUT2D eigenvalue weighted by molar-refractivity contribution is 6.74. The largest absolute Gasteiger partial charge is 0.414 e. The first-order valence-electron chi connectivity index (χ1n) is 11.2. The summed E-state index contributed by atoms with van der Waals surface area (Å²) in [6, 6.07) is 20.1. The summed E-state index contributed by atoms with van der Waals surface area (Å²) in [7, 11) is -1.92. The van der Waals surface area contributed by atoms with Crippen LogP contribution >= 0.6 is 0 Å². The van der Waals surface area contributed by atoms with Gasteiger partial charge in [-0.2, -0.15) is 0 Å². The Morgan fingerprint density at radius 1 is 0.839 bits per heavy atom. The fourth-order valence-corrected chi connectivity index (χ4v) is 3.92. The van der Waals surface area contributed by atoms with Crippen molar-refractivity contribution in [1.82, 2.24) is 0 Å². The van der Waals surface area contributed by atoms with Gasteiger partial charge in [0.1, 0.15) is 0 Å². The molecule has 5 heteroatoms. The first kappa shape index (κ1) is 25.8. The minimum absolute atomic E-state index is 0.121. The Kier molecular flexibility index (Phi) is 9.91. The molecule has 2 rings (SSSR count). The highest BCUT2D eigenvalue weighted by Gasteiger charge is 2.38. The summed E-state index contributed by atoms with van der Waals surface area (Å²) in [5, 5.41) is 10.9. The Hall–Kier alpha value is -1.50. The van der Waals surface area contributed by atoms with E-state index in [-0.39, 0.29) is 23.7 Å². The Bertz CT molecular complexity index is 743. The number of hydrogen-bond donors (Lipinski definition) is 1. The van der Waals surface area contributed by atoms with Crippen LogP contribution in [0.3, 0.4) is 0 Å². The predicted molar refractivity (Wildman–Crippen MR) is 129 cm³/mol. The number of aliphatic hydroxyl groups excluding tert-OH is 1. The Labute approximate surface area is 189 Å². The molecule has 172 valence electrons. The molecule has 0 aromatic heterocycles. The van der Waals surface area contributed by atoms with Gasteiger partial charge in [0.25, 0.3) is 0 Å². The maximum Gasteiger partial charge on any atom is 0.192 e. The fourth-order valence-electron chi connectivity index (χ4n) is 2.91. The van der Waals surface area contributed by atoms with Crippen LogP contribution in [0.15, 0.2) is 60.7 Å². The molecule has 0 saturated heterocycles. The molecule has 0 saturated carbocycles. The molecule has 31 heavy (non-hydrogen) atoms. The van der Waals surface area contributed by atoms with Crippen molar-refractivity contribution in [2.45, 2.75) is 71.2 Å². The number of hydrogen-bond acceptors (Lipinski definition) is 4. The van der Waals surface area contributed by atoms with Crippen molar-refractivity contribution in [2.75, 3.05) is 13.2 Å². The van der Waals surface area contributed by atoms with Crippen LogP contribution in [0.4, 0.5) is 0 Å². The first-order valence-corrected chi connectivity index (χ1v) is 14.1. The molecule has 3 atom stereocenters. The lowest BCUT2D eigenvalue weighted by molar-refractivity contribution is -0.0814. The van der Waals surface area contributed by atoms with Crippen molar-refractivity contribution in [3.8, 4) is 0 Å². The maximum absolute atomic E-state index is 10.8. The van der Waals surface area contributed by atoms with Crippen LogP contribution in [0.5, 0.6) is 0 Å². The molecule has 4 nitrogen and oxygen atoms in total. The van der Waals surface area contributed by atoms with E-state index in [1.54, 1.807) is 0 Å². The van der Waals surface area contributed by atoms with E-state index >= 15 is 0 Å². The Balaban J connectivity index is 1.97. The first-order chi connectivity index (χ1) is 14.6. The van der Waals surface area contributed by atoms with Crippen LogP contribution in [0, 0.1) is 5.92 Å². The summed E-state index contributed by atoms with van der Waals surface area (Å²) < 4.78 is 18.5. The summed E-state index contributed by atoms with van der Waals surface area (Å²) in [6.45, 7) is 14.9. The normalized spacial score (nSPS) is 15.5. The van der Waals surface area contributed by atoms with Gasteiger partial charge in [-0.25, -0.2) is 0 Å². The SMILES string of the molecule is C[C@@H]([C@H](O)COCc1ccccc1)[C@H](CO[Si](C)(C)C(C)(C)C)OCc1ccccc1. The molecule has 0 bridgehead atoms. The average molecular weight is 445 g/mol. The topological polar surface area (TPSA) is 47.9 Å². The van der Waals surface area contributed by atoms with E-state index in [4.69, 9.17) is 13.9 Å². The quantitative estimate of drug-likeness (QED) is 0.420. The molecule has 0 radical (unpaired) electrons. The van der Waals surface area contributed by atoms with Gasteiger partial charge in [0.15, 0.2) is 8.32 Å². The standard InChI is InChI=1S/C26H40O4Si/c1-21(24(27)19-28-17-22-13-9-7-10-14-22)25(20-30-31(5,6)26(2,3)4)29-18-23-15-11-8-12-16-23/h7-16,21,24-25,27H,17-20H2,1-6H3/t21-,24+,25-/m0/s1. The van der Waals surface area contributed by atoms with E-state index in [1.807, 2.05) is 55.5 Å². The van der Waals surface area contributed by atoms with Crippen LogP contribution in [0.25, 0.3) is 0 Å². The van der Waals surface area contributed by atoms with Crippen LogP contribution < -0.4 is 0 Å². The van der Waals surface area contributed by atoms with Crippen molar-refractivity contribution in [1.29, 1.82) is 0 Å². The molecular weight excluding hydrogens is 404 g/mol. The summed E-state index contributed by atoms with van der Waals surface area (Å²) in [6.07, 6.45) is -0.850. The van der Waals surface area contributed by atoms with Crippen molar-refractivity contribution in [3.63, 3.8) is 0 Å². The molecule has 0 aliphatic heterocycles. The lowest BCUT2D eigenvalue weighted by atomic mass is 9.99. The molecular formula is C26H40O4Si. The lowest BCUT2D eigenvalue weighted by Gasteiger charge is -2.38. The van der Waals surface area contributed by atoms with Crippen LogP contribution in [-0.2, 0) is 27.1 Å². The average Bonchev–Trinajstić information content (AvgIpc) is 2.74. The number of rotatable bonds is 12. The van der Waals surface area contributed by atoms with E-state index in [1.165, 1.54) is 0 Å². The second-order valence-electron chi connectivity index (χ2n) is 9.83. The molecule has 0 aliphatic rings. The van der Waals surface area contributed by atoms with Gasteiger partial charge in [-0.3, -0.25) is 0 Å². The molecule has 0 spiro atoms. The van der Waals surface area contributed by atoms with Crippen LogP contribution in [0.2, 0.25) is 18.1 Å². The smallest absolute Gasteiger partial charge is 0.192 e. The number of benzene rings is 2. The van der Waals surface area contributed by atoms with Gasteiger partial charge in [-0.05, 0) is 29.3 Å². The molecule has 1 N–H and O–H groups in total. The molecule has 2 aromatic carbocycles. The Morgan fingerprint density at radius 3 is 1.87 bits per heavy atom. The lowest BCUT2D eigenvalue weighted by Crippen LogP contribution is -2.45. The van der Waals surface area contributed by atoms with Crippen molar-refractivity contribution in [3.05, 3.63) is 71.8 Å². The maximum atomic E-state index is 10.8. The minimum Gasteiger partial charge on any atom is -0.414 e. The molecule has 0 amide bonds. The van der Waals surface area contributed by atoms with E-state index in [0.717, 1.165) is 11.1 Å². The molecule has 2 aromatic rings. The van der Waals surface area contributed by atoms with Crippen LogP contribution in [0.1, 0.15) is 38.8 Å². The predicted octanol–water partition coefficient (Wildman–Crippen LogP) is 5.81. The Morgan fingerprint density at radius 2 is 1.35 bits per heavy atom. The van der Waals surface area contributed by atoms with Crippen molar-refractivity contribution in [2.24, 2.45) is 5.92 Å². The number of aliphatic hydroxyl groups is 1. The van der Waals surface area contributed by atoms with Crippen molar-refractivity contribution < 1.29 is 19.0 Å². The van der Waals surface area contributed by atoms with Gasteiger partial charge in [-0.15, -0.1) is 0 Å². The van der Waals surface area contributed by atoms with E-state index in [2.05, 4.69) is 46.0 Å². The van der Waals surface area contributed by atoms with Crippen LogP contribution in [-0.4, -0.2) is 38.8 Å². The minimum atomic E-state index is -1.92. The monoisotopic (exact) mass is 444 g/mol. The summed E-state index contributed by atoms with van der Waals surface area (Å²) in [4.78, 5) is 0. The van der Waals surface area contributed by atoms with Gasteiger partial charge >= 0.3 is 0 Å². The molecule has 0 fully saturated rings. The number of ether oxygens (including phenoxy) is 2. The van der Waals surface area contributed by atoms with Gasteiger partial charge in [-0.1, -0.05) is 88.4 Å². The highest BCUT2D eigenvalue weighted by atomic mass is 28.4. The zero-order valence-corrected chi connectivity index (χ0v) is 21.0. The third kappa shape index (κ3) is 8.51. The zero-order chi connectivity index (χ0) is 22.9.